The molecule has 0 aliphatic carbocycles. The van der Waals surface area contributed by atoms with E-state index in [1.807, 2.05) is 30.3 Å². The lowest BCUT2D eigenvalue weighted by atomic mass is 10.2. The molecule has 1 aliphatic rings. The van der Waals surface area contributed by atoms with Gasteiger partial charge in [0.15, 0.2) is 0 Å². The highest BCUT2D eigenvalue weighted by atomic mass is 35.5. The number of nitrogens with one attached hydrogen (secondary N) is 2. The first-order chi connectivity index (χ1) is 14.3. The zero-order valence-corrected chi connectivity index (χ0v) is 19.4. The van der Waals surface area contributed by atoms with Crippen LogP contribution >= 0.6 is 12.4 Å². The normalized spacial score (nSPS) is 14.4. The van der Waals surface area contributed by atoms with Gasteiger partial charge in [-0.15, -0.1) is 12.4 Å². The maximum atomic E-state index is 12.5. The second kappa shape index (κ2) is 10.2. The number of aryl methyl sites for hydroxylation is 1. The molecule has 12 heteroatoms. The summed E-state index contributed by atoms with van der Waals surface area (Å²) in [6.45, 7) is 2.83. The minimum atomic E-state index is -3.34. The van der Waals surface area contributed by atoms with Crippen molar-refractivity contribution in [3.05, 3.63) is 54.1 Å². The zero-order valence-electron chi connectivity index (χ0n) is 17.8. The number of benzene rings is 2. The average Bonchev–Trinajstić information content (AvgIpc) is 3.05. The van der Waals surface area contributed by atoms with Gasteiger partial charge in [0.25, 0.3) is 5.91 Å². The molecule has 174 valence electrons. The summed E-state index contributed by atoms with van der Waals surface area (Å²) in [5.74, 6) is 0.702. The number of hydrogen-bond acceptors (Lipinski definition) is 6. The van der Waals surface area contributed by atoms with E-state index in [1.54, 1.807) is 24.3 Å². The third-order valence-corrected chi connectivity index (χ3v) is 5.64. The zero-order chi connectivity index (χ0) is 21.3. The maximum absolute atomic E-state index is 12.5. The first-order valence-electron chi connectivity index (χ1n) is 9.60. The van der Waals surface area contributed by atoms with Gasteiger partial charge in [0.2, 0.25) is 16.0 Å². The Morgan fingerprint density at radius 1 is 1.00 bits per heavy atom. The molecule has 1 aromatic heterocycles. The lowest BCUT2D eigenvalue weighted by Crippen LogP contribution is -2.54. The van der Waals surface area contributed by atoms with Crippen LogP contribution in [-0.2, 0) is 17.1 Å². The Kier molecular flexibility index (Phi) is 8.07. The molecule has 1 saturated heterocycles. The summed E-state index contributed by atoms with van der Waals surface area (Å²) >= 11 is 0. The van der Waals surface area contributed by atoms with Crippen LogP contribution in [0.3, 0.4) is 0 Å². The largest absolute Gasteiger partial charge is 0.412 e. The van der Waals surface area contributed by atoms with Gasteiger partial charge in [-0.3, -0.25) is 14.9 Å². The lowest BCUT2D eigenvalue weighted by molar-refractivity contribution is 0.0777. The number of imidazole rings is 1. The topological polar surface area (TPSA) is 131 Å². The summed E-state index contributed by atoms with van der Waals surface area (Å²) in [7, 11) is -1.33. The monoisotopic (exact) mass is 482 g/mol. The molecule has 1 amide bonds. The van der Waals surface area contributed by atoms with Gasteiger partial charge in [0.05, 0.1) is 17.3 Å². The smallest absolute Gasteiger partial charge is 0.265 e. The molecule has 2 aromatic carbocycles. The quantitative estimate of drug-likeness (QED) is 0.558. The molecular formula is C20H27ClN6O4S. The fourth-order valence-corrected chi connectivity index (χ4v) is 4.11. The molecule has 0 unspecified atom stereocenters. The summed E-state index contributed by atoms with van der Waals surface area (Å²) < 4.78 is 27.0. The fourth-order valence-electron chi connectivity index (χ4n) is 3.55. The number of rotatable bonds is 5. The van der Waals surface area contributed by atoms with E-state index < -0.39 is 10.0 Å². The van der Waals surface area contributed by atoms with Crippen molar-refractivity contribution in [3.8, 4) is 0 Å². The molecule has 0 bridgehead atoms. The van der Waals surface area contributed by atoms with Gasteiger partial charge in [0, 0.05) is 44.5 Å². The molecule has 1 fully saturated rings. The highest BCUT2D eigenvalue weighted by Crippen LogP contribution is 2.21. The van der Waals surface area contributed by atoms with Crippen molar-refractivity contribution in [1.82, 2.24) is 20.0 Å². The van der Waals surface area contributed by atoms with Crippen LogP contribution in [0.5, 0.6) is 0 Å². The van der Waals surface area contributed by atoms with Gasteiger partial charge >= 0.3 is 0 Å². The van der Waals surface area contributed by atoms with E-state index in [0.29, 0.717) is 24.3 Å². The van der Waals surface area contributed by atoms with Crippen LogP contribution in [0.2, 0.25) is 0 Å². The van der Waals surface area contributed by atoms with Crippen LogP contribution in [0.15, 0.2) is 48.5 Å². The Balaban J connectivity index is 0.00000181. The van der Waals surface area contributed by atoms with E-state index in [9.17, 15) is 13.2 Å². The van der Waals surface area contributed by atoms with E-state index in [1.165, 1.54) is 0 Å². The van der Waals surface area contributed by atoms with Crippen molar-refractivity contribution in [1.29, 1.82) is 0 Å². The molecule has 10 nitrogen and oxygen atoms in total. The molecule has 0 saturated carbocycles. The molecule has 0 atom stereocenters. The molecule has 0 spiro atoms. The Morgan fingerprint density at radius 2 is 1.62 bits per heavy atom. The van der Waals surface area contributed by atoms with Crippen LogP contribution in [0.25, 0.3) is 11.0 Å². The van der Waals surface area contributed by atoms with Crippen LogP contribution in [-0.4, -0.2) is 66.8 Å². The summed E-state index contributed by atoms with van der Waals surface area (Å²) in [5, 5.41) is 1.89. The molecule has 2 heterocycles. The van der Waals surface area contributed by atoms with Crippen molar-refractivity contribution < 1.29 is 18.7 Å². The van der Waals surface area contributed by atoms with E-state index in [2.05, 4.69) is 25.7 Å². The Bertz CT molecular complexity index is 1170. The second-order valence-corrected chi connectivity index (χ2v) is 9.07. The number of amides is 1. The summed E-state index contributed by atoms with van der Waals surface area (Å²) in [5.41, 5.74) is 5.87. The molecule has 3 aromatic rings. The molecule has 0 radical (unpaired) electrons. The summed E-state index contributed by atoms with van der Waals surface area (Å²) in [6.07, 6.45) is 1.08. The molecular weight excluding hydrogens is 456 g/mol. The number of halogens is 1. The number of carbonyl (C=O) groups is 1. The van der Waals surface area contributed by atoms with Gasteiger partial charge in [-0.05, 0) is 36.4 Å². The van der Waals surface area contributed by atoms with Crippen molar-refractivity contribution in [2.75, 3.05) is 42.1 Å². The second-order valence-electron chi connectivity index (χ2n) is 7.33. The van der Waals surface area contributed by atoms with Gasteiger partial charge in [-0.2, -0.15) is 0 Å². The van der Waals surface area contributed by atoms with Gasteiger partial charge in [-0.25, -0.2) is 18.4 Å². The van der Waals surface area contributed by atoms with Crippen molar-refractivity contribution in [2.24, 2.45) is 7.05 Å². The first-order valence-corrected chi connectivity index (χ1v) is 11.5. The summed E-state index contributed by atoms with van der Waals surface area (Å²) in [6, 6.07) is 14.4. The number of piperazine rings is 1. The molecule has 4 N–H and O–H groups in total. The highest BCUT2D eigenvalue weighted by molar-refractivity contribution is 7.92. The predicted molar refractivity (Wildman–Crippen MR) is 128 cm³/mol. The number of carbonyl (C=O) groups excluding carboxylic acids is 1. The van der Waals surface area contributed by atoms with E-state index in [4.69, 9.17) is 4.98 Å². The van der Waals surface area contributed by atoms with Crippen LogP contribution in [0.4, 0.5) is 11.6 Å². The van der Waals surface area contributed by atoms with Crippen LogP contribution in [0.1, 0.15) is 10.4 Å². The molecule has 32 heavy (non-hydrogen) atoms. The SMILES string of the molecule is Cl.Cn1c(N2CCN(NC(=O)c3ccc(NS(C)(=O)=O)cc3)CC2)nc2ccccc21.O. The van der Waals surface area contributed by atoms with E-state index in [0.717, 1.165) is 36.3 Å². The Labute approximate surface area is 193 Å². The third-order valence-electron chi connectivity index (χ3n) is 5.04. The number of hydrazine groups is 1. The molecule has 4 rings (SSSR count). The lowest BCUT2D eigenvalue weighted by Gasteiger charge is -2.35. The van der Waals surface area contributed by atoms with E-state index >= 15 is 0 Å². The number of fused-ring (bicyclic) bond motifs is 1. The predicted octanol–water partition coefficient (Wildman–Crippen LogP) is 1.01. The van der Waals surface area contributed by atoms with Gasteiger partial charge in [-0.1, -0.05) is 12.1 Å². The Hall–Kier alpha value is -2.86. The Morgan fingerprint density at radius 3 is 2.22 bits per heavy atom. The number of aromatic nitrogens is 2. The van der Waals surface area contributed by atoms with Crippen LogP contribution in [0, 0.1) is 0 Å². The molecule has 1 aliphatic heterocycles. The fraction of sp³-hybridized carbons (Fsp3) is 0.300. The number of para-hydroxylation sites is 2. The number of nitrogens with zero attached hydrogens (tertiary/aromatic N) is 4. The van der Waals surface area contributed by atoms with Crippen LogP contribution < -0.4 is 15.0 Å². The van der Waals surface area contributed by atoms with Crippen molar-refractivity contribution >= 4 is 51.0 Å². The van der Waals surface area contributed by atoms with Gasteiger partial charge in [0.1, 0.15) is 0 Å². The number of sulfonamides is 1. The van der Waals surface area contributed by atoms with E-state index in [-0.39, 0.29) is 23.8 Å². The highest BCUT2D eigenvalue weighted by Gasteiger charge is 2.22. The number of hydrogen-bond donors (Lipinski definition) is 2. The minimum Gasteiger partial charge on any atom is -0.412 e. The number of anilines is 2. The average molecular weight is 483 g/mol. The summed E-state index contributed by atoms with van der Waals surface area (Å²) in [4.78, 5) is 19.5. The van der Waals surface area contributed by atoms with Crippen molar-refractivity contribution in [3.63, 3.8) is 0 Å². The maximum Gasteiger partial charge on any atom is 0.265 e. The standard InChI is InChI=1S/C20H24N6O3S.ClH.H2O/c1-24-18-6-4-3-5-17(18)21-20(24)25-11-13-26(14-12-25)22-19(27)15-7-9-16(10-8-15)23-30(2,28)29;;/h3-10,23H,11-14H2,1-2H3,(H,22,27);1H;1H2. The minimum absolute atomic E-state index is 0. The third kappa shape index (κ3) is 5.68. The first kappa shape index (κ1) is 25.4. The van der Waals surface area contributed by atoms with Crippen molar-refractivity contribution in [2.45, 2.75) is 0 Å². The van der Waals surface area contributed by atoms with Gasteiger partial charge < -0.3 is 14.9 Å².